The fourth-order valence-electron chi connectivity index (χ4n) is 3.86. The van der Waals surface area contributed by atoms with Crippen LogP contribution in [0.2, 0.25) is 0 Å². The minimum absolute atomic E-state index is 0.119. The number of ether oxygens (including phenoxy) is 1. The molecule has 1 amide bonds. The third kappa shape index (κ3) is 6.25. The number of nitrogens with zero attached hydrogens (tertiary/aromatic N) is 4. The lowest BCUT2D eigenvalue weighted by molar-refractivity contribution is -0.113. The van der Waals surface area contributed by atoms with Crippen LogP contribution in [-0.4, -0.2) is 31.4 Å². The Labute approximate surface area is 220 Å². The third-order valence-electron chi connectivity index (χ3n) is 5.72. The molecule has 4 rings (SSSR count). The molecule has 1 atom stereocenters. The summed E-state index contributed by atoms with van der Waals surface area (Å²) in [6.45, 7) is 13.4. The first-order valence-electron chi connectivity index (χ1n) is 12.2. The van der Waals surface area contributed by atoms with Crippen molar-refractivity contribution in [1.29, 1.82) is 0 Å². The standard InChI is InChI=1S/C27H33N5O2S2/c1-16(2)14-32-25(19(6)34-21-12-10-20(11-13-21)17(3)4)30-31-27(32)35-15-23(33)28-26-29-24-18(5)8-7-9-22(24)36-26/h7-13,16-17,19H,14-15H2,1-6H3,(H,28,29,33). The van der Waals surface area contributed by atoms with Crippen molar-refractivity contribution in [2.45, 2.75) is 65.3 Å². The van der Waals surface area contributed by atoms with Crippen molar-refractivity contribution in [3.8, 4) is 5.75 Å². The largest absolute Gasteiger partial charge is 0.483 e. The minimum Gasteiger partial charge on any atom is -0.483 e. The molecule has 0 radical (unpaired) electrons. The molecule has 4 aromatic rings. The van der Waals surface area contributed by atoms with Crippen LogP contribution in [-0.2, 0) is 11.3 Å². The van der Waals surface area contributed by atoms with E-state index in [4.69, 9.17) is 4.74 Å². The summed E-state index contributed by atoms with van der Waals surface area (Å²) in [4.78, 5) is 17.3. The second-order valence-corrected chi connectivity index (χ2v) is 11.6. The molecular weight excluding hydrogens is 490 g/mol. The molecule has 0 aliphatic carbocycles. The molecule has 0 aliphatic rings. The van der Waals surface area contributed by atoms with Crippen LogP contribution in [0.3, 0.4) is 0 Å². The van der Waals surface area contributed by atoms with Crippen LogP contribution < -0.4 is 10.1 Å². The van der Waals surface area contributed by atoms with Crippen molar-refractivity contribution >= 4 is 44.4 Å². The van der Waals surface area contributed by atoms with E-state index >= 15 is 0 Å². The summed E-state index contributed by atoms with van der Waals surface area (Å²) in [5.74, 6) is 2.51. The van der Waals surface area contributed by atoms with Crippen LogP contribution in [0.5, 0.6) is 5.75 Å². The molecule has 0 bridgehead atoms. The number of anilines is 1. The number of rotatable bonds is 10. The first kappa shape index (κ1) is 26.2. The average molecular weight is 524 g/mol. The Hall–Kier alpha value is -2.91. The highest BCUT2D eigenvalue weighted by molar-refractivity contribution is 7.99. The monoisotopic (exact) mass is 523 g/mol. The number of thioether (sulfide) groups is 1. The van der Waals surface area contributed by atoms with Gasteiger partial charge in [0.05, 0.1) is 16.0 Å². The SMILES string of the molecule is Cc1cccc2sc(NC(=O)CSc3nnc(C(C)Oc4ccc(C(C)C)cc4)n3CC(C)C)nc12. The van der Waals surface area contributed by atoms with Crippen LogP contribution in [0.25, 0.3) is 10.2 Å². The maximum atomic E-state index is 12.7. The van der Waals surface area contributed by atoms with Gasteiger partial charge in [0.25, 0.3) is 0 Å². The van der Waals surface area contributed by atoms with Gasteiger partial charge < -0.3 is 14.6 Å². The van der Waals surface area contributed by atoms with Crippen molar-refractivity contribution < 1.29 is 9.53 Å². The number of carbonyl (C=O) groups is 1. The van der Waals surface area contributed by atoms with Crippen LogP contribution in [0.1, 0.15) is 63.6 Å². The van der Waals surface area contributed by atoms with Crippen molar-refractivity contribution in [1.82, 2.24) is 19.7 Å². The fourth-order valence-corrected chi connectivity index (χ4v) is 5.57. The Kier molecular flexibility index (Phi) is 8.31. The molecule has 190 valence electrons. The summed E-state index contributed by atoms with van der Waals surface area (Å²) in [6, 6.07) is 14.2. The zero-order valence-corrected chi connectivity index (χ0v) is 23.2. The van der Waals surface area contributed by atoms with Crippen LogP contribution in [0, 0.1) is 12.8 Å². The summed E-state index contributed by atoms with van der Waals surface area (Å²) >= 11 is 2.86. The lowest BCUT2D eigenvalue weighted by Crippen LogP contribution is -2.17. The lowest BCUT2D eigenvalue weighted by Gasteiger charge is -2.18. The molecule has 0 aliphatic heterocycles. The Morgan fingerprint density at radius 2 is 1.83 bits per heavy atom. The topological polar surface area (TPSA) is 81.9 Å². The molecule has 2 heterocycles. The van der Waals surface area contributed by atoms with E-state index in [0.29, 0.717) is 22.1 Å². The number of nitrogens with one attached hydrogen (secondary N) is 1. The normalized spacial score (nSPS) is 12.4. The molecule has 2 aromatic carbocycles. The van der Waals surface area contributed by atoms with E-state index < -0.39 is 0 Å². The second-order valence-electron chi connectivity index (χ2n) is 9.61. The summed E-state index contributed by atoms with van der Waals surface area (Å²) in [7, 11) is 0. The quantitative estimate of drug-likeness (QED) is 0.229. The van der Waals surface area contributed by atoms with E-state index in [1.807, 2.05) is 44.2 Å². The summed E-state index contributed by atoms with van der Waals surface area (Å²) in [5, 5.41) is 13.1. The fraction of sp³-hybridized carbons (Fsp3) is 0.407. The average Bonchev–Trinajstić information content (AvgIpc) is 3.42. The third-order valence-corrected chi connectivity index (χ3v) is 7.62. The molecule has 7 nitrogen and oxygen atoms in total. The summed E-state index contributed by atoms with van der Waals surface area (Å²) in [5.41, 5.74) is 3.30. The molecule has 9 heteroatoms. The Morgan fingerprint density at radius 3 is 2.50 bits per heavy atom. The molecule has 36 heavy (non-hydrogen) atoms. The predicted molar refractivity (Wildman–Crippen MR) is 148 cm³/mol. The molecule has 0 saturated carbocycles. The van der Waals surface area contributed by atoms with Gasteiger partial charge in [-0.1, -0.05) is 75.1 Å². The van der Waals surface area contributed by atoms with Crippen molar-refractivity contribution in [3.63, 3.8) is 0 Å². The number of para-hydroxylation sites is 1. The minimum atomic E-state index is -0.282. The predicted octanol–water partition coefficient (Wildman–Crippen LogP) is 6.85. The van der Waals surface area contributed by atoms with Crippen molar-refractivity contribution in [2.24, 2.45) is 5.92 Å². The van der Waals surface area contributed by atoms with Gasteiger partial charge in [0.15, 0.2) is 22.2 Å². The Morgan fingerprint density at radius 1 is 1.08 bits per heavy atom. The van der Waals surface area contributed by atoms with Gasteiger partial charge in [0, 0.05) is 6.54 Å². The zero-order valence-electron chi connectivity index (χ0n) is 21.6. The molecule has 2 aromatic heterocycles. The molecule has 0 saturated heterocycles. The molecule has 1 unspecified atom stereocenters. The smallest absolute Gasteiger partial charge is 0.236 e. The number of aromatic nitrogens is 4. The highest BCUT2D eigenvalue weighted by Crippen LogP contribution is 2.29. The first-order chi connectivity index (χ1) is 17.2. The zero-order chi connectivity index (χ0) is 25.8. The van der Waals surface area contributed by atoms with Gasteiger partial charge in [0.2, 0.25) is 5.91 Å². The molecular formula is C27H33N5O2S2. The van der Waals surface area contributed by atoms with Gasteiger partial charge in [-0.2, -0.15) is 0 Å². The molecule has 1 N–H and O–H groups in total. The number of benzene rings is 2. The summed E-state index contributed by atoms with van der Waals surface area (Å²) < 4.78 is 9.32. The maximum absolute atomic E-state index is 12.7. The van der Waals surface area contributed by atoms with Crippen molar-refractivity contribution in [2.75, 3.05) is 11.1 Å². The van der Waals surface area contributed by atoms with E-state index in [1.165, 1.54) is 28.7 Å². The first-order valence-corrected chi connectivity index (χ1v) is 14.0. The van der Waals surface area contributed by atoms with Crippen LogP contribution >= 0.6 is 23.1 Å². The number of carbonyl (C=O) groups excluding carboxylic acids is 1. The lowest BCUT2D eigenvalue weighted by atomic mass is 10.0. The van der Waals surface area contributed by atoms with E-state index in [0.717, 1.165) is 33.9 Å². The van der Waals surface area contributed by atoms with Gasteiger partial charge in [-0.25, -0.2) is 4.98 Å². The van der Waals surface area contributed by atoms with Crippen LogP contribution in [0.15, 0.2) is 47.6 Å². The van der Waals surface area contributed by atoms with E-state index in [9.17, 15) is 4.79 Å². The molecule has 0 fully saturated rings. The second kappa shape index (κ2) is 11.4. The number of amides is 1. The highest BCUT2D eigenvalue weighted by Gasteiger charge is 2.21. The number of aryl methyl sites for hydroxylation is 1. The van der Waals surface area contributed by atoms with E-state index in [1.54, 1.807) is 0 Å². The molecule has 0 spiro atoms. The van der Waals surface area contributed by atoms with E-state index in [-0.39, 0.29) is 17.8 Å². The van der Waals surface area contributed by atoms with Crippen molar-refractivity contribution in [3.05, 3.63) is 59.4 Å². The van der Waals surface area contributed by atoms with Gasteiger partial charge in [-0.3, -0.25) is 4.79 Å². The Balaban J connectivity index is 1.43. The summed E-state index contributed by atoms with van der Waals surface area (Å²) in [6.07, 6.45) is -0.282. The number of hydrogen-bond acceptors (Lipinski definition) is 7. The number of hydrogen-bond donors (Lipinski definition) is 1. The van der Waals surface area contributed by atoms with Gasteiger partial charge in [-0.15, -0.1) is 10.2 Å². The van der Waals surface area contributed by atoms with Crippen LogP contribution in [0.4, 0.5) is 5.13 Å². The number of thiazole rings is 1. The van der Waals surface area contributed by atoms with Gasteiger partial charge >= 0.3 is 0 Å². The maximum Gasteiger partial charge on any atom is 0.236 e. The van der Waals surface area contributed by atoms with E-state index in [2.05, 4.69) is 64.9 Å². The highest BCUT2D eigenvalue weighted by atomic mass is 32.2. The Bertz CT molecular complexity index is 1330. The van der Waals surface area contributed by atoms with Gasteiger partial charge in [0.1, 0.15) is 5.75 Å². The number of fused-ring (bicyclic) bond motifs is 1. The van der Waals surface area contributed by atoms with Gasteiger partial charge in [-0.05, 0) is 55.0 Å².